The summed E-state index contributed by atoms with van der Waals surface area (Å²) in [7, 11) is -3.24. The minimum Gasteiger partial charge on any atom is -0.326 e. The highest BCUT2D eigenvalue weighted by Gasteiger charge is 2.15. The molecular formula is C15H24N2O3S. The fraction of sp³-hybridized carbons (Fsp3) is 0.533. The summed E-state index contributed by atoms with van der Waals surface area (Å²) in [5, 5.41) is 2.76. The second kappa shape index (κ2) is 8.14. The van der Waals surface area contributed by atoms with Gasteiger partial charge in [0, 0.05) is 18.2 Å². The molecule has 0 fully saturated rings. The van der Waals surface area contributed by atoms with E-state index in [4.69, 9.17) is 0 Å². The Morgan fingerprint density at radius 1 is 1.19 bits per heavy atom. The molecule has 0 aliphatic heterocycles. The molecule has 6 heteroatoms. The minimum absolute atomic E-state index is 0.0453. The van der Waals surface area contributed by atoms with Crippen LogP contribution in [0.5, 0.6) is 0 Å². The maximum absolute atomic E-state index is 11.9. The van der Waals surface area contributed by atoms with Crippen molar-refractivity contribution < 1.29 is 13.2 Å². The number of amides is 1. The van der Waals surface area contributed by atoms with Crippen LogP contribution in [0, 0.1) is 0 Å². The van der Waals surface area contributed by atoms with Crippen molar-refractivity contribution in [1.29, 1.82) is 0 Å². The number of rotatable bonds is 8. The smallest absolute Gasteiger partial charge is 0.224 e. The van der Waals surface area contributed by atoms with Gasteiger partial charge < -0.3 is 5.32 Å². The molecule has 0 bridgehead atoms. The highest BCUT2D eigenvalue weighted by Crippen LogP contribution is 2.17. The number of nitrogens with one attached hydrogen (secondary N) is 2. The zero-order chi connectivity index (χ0) is 15.9. The molecule has 2 N–H and O–H groups in total. The van der Waals surface area contributed by atoms with Gasteiger partial charge >= 0.3 is 0 Å². The van der Waals surface area contributed by atoms with E-state index in [2.05, 4.69) is 10.0 Å². The van der Waals surface area contributed by atoms with Crippen molar-refractivity contribution >= 4 is 21.6 Å². The average molecular weight is 312 g/mol. The first-order valence-corrected chi connectivity index (χ1v) is 8.93. The second-order valence-electron chi connectivity index (χ2n) is 5.04. The largest absolute Gasteiger partial charge is 0.326 e. The lowest BCUT2D eigenvalue weighted by Crippen LogP contribution is -2.29. The Bertz CT molecular complexity index is 553. The van der Waals surface area contributed by atoms with Gasteiger partial charge in [-0.15, -0.1) is 0 Å². The summed E-state index contributed by atoms with van der Waals surface area (Å²) in [6.45, 7) is 5.56. The lowest BCUT2D eigenvalue weighted by molar-refractivity contribution is -0.115. The van der Waals surface area contributed by atoms with Crippen LogP contribution in [0.15, 0.2) is 24.3 Å². The van der Waals surface area contributed by atoms with Gasteiger partial charge in [-0.3, -0.25) is 4.79 Å². The van der Waals surface area contributed by atoms with E-state index in [1.807, 2.05) is 26.0 Å². The van der Waals surface area contributed by atoms with Crippen LogP contribution in [0.1, 0.15) is 51.6 Å². The molecule has 5 nitrogen and oxygen atoms in total. The van der Waals surface area contributed by atoms with Gasteiger partial charge in [0.15, 0.2) is 0 Å². The number of sulfonamides is 1. The van der Waals surface area contributed by atoms with Gasteiger partial charge in [-0.05, 0) is 31.0 Å². The van der Waals surface area contributed by atoms with Crippen LogP contribution < -0.4 is 10.0 Å². The zero-order valence-corrected chi connectivity index (χ0v) is 13.7. The van der Waals surface area contributed by atoms with E-state index in [1.165, 1.54) is 0 Å². The van der Waals surface area contributed by atoms with Crippen LogP contribution in [-0.4, -0.2) is 20.1 Å². The number of carbonyl (C=O) groups excluding carboxylic acids is 1. The molecule has 0 saturated carbocycles. The second-order valence-corrected chi connectivity index (χ2v) is 6.91. The number of anilines is 1. The van der Waals surface area contributed by atoms with E-state index in [-0.39, 0.29) is 17.7 Å². The first-order valence-electron chi connectivity index (χ1n) is 7.27. The lowest BCUT2D eigenvalue weighted by Gasteiger charge is -2.15. The summed E-state index contributed by atoms with van der Waals surface area (Å²) in [5.41, 5.74) is 1.58. The molecule has 0 radical (unpaired) electrons. The van der Waals surface area contributed by atoms with Gasteiger partial charge in [0.1, 0.15) is 0 Å². The molecule has 0 heterocycles. The van der Waals surface area contributed by atoms with E-state index in [0.29, 0.717) is 18.5 Å². The van der Waals surface area contributed by atoms with Gasteiger partial charge in [-0.1, -0.05) is 32.4 Å². The Labute approximate surface area is 127 Å². The van der Waals surface area contributed by atoms with Crippen molar-refractivity contribution in [2.75, 3.05) is 11.1 Å². The summed E-state index contributed by atoms with van der Waals surface area (Å²) in [6, 6.07) is 6.90. The Hall–Kier alpha value is -1.40. The van der Waals surface area contributed by atoms with Gasteiger partial charge in [-0.2, -0.15) is 0 Å². The van der Waals surface area contributed by atoms with E-state index >= 15 is 0 Å². The first-order chi connectivity index (χ1) is 9.88. The van der Waals surface area contributed by atoms with E-state index in [1.54, 1.807) is 19.1 Å². The van der Waals surface area contributed by atoms with Crippen molar-refractivity contribution in [3.8, 4) is 0 Å². The molecule has 118 valence electrons. The van der Waals surface area contributed by atoms with Crippen LogP contribution >= 0.6 is 0 Å². The third-order valence-electron chi connectivity index (χ3n) is 3.14. The topological polar surface area (TPSA) is 75.3 Å². The molecule has 1 atom stereocenters. The summed E-state index contributed by atoms with van der Waals surface area (Å²) in [6.07, 6.45) is 1.93. The average Bonchev–Trinajstić information content (AvgIpc) is 2.45. The highest BCUT2D eigenvalue weighted by atomic mass is 32.2. The molecule has 0 saturated heterocycles. The number of benzene rings is 1. The lowest BCUT2D eigenvalue weighted by atomic mass is 10.1. The quantitative estimate of drug-likeness (QED) is 0.775. The zero-order valence-electron chi connectivity index (χ0n) is 12.8. The number of hydrogen-bond donors (Lipinski definition) is 2. The maximum atomic E-state index is 11.9. The minimum atomic E-state index is -3.24. The number of unbranched alkanes of at least 4 members (excludes halogenated alkanes) is 1. The molecule has 1 amide bonds. The third-order valence-corrected chi connectivity index (χ3v) is 4.68. The van der Waals surface area contributed by atoms with Gasteiger partial charge in [-0.25, -0.2) is 13.1 Å². The molecule has 1 aromatic carbocycles. The van der Waals surface area contributed by atoms with Gasteiger partial charge in [0.25, 0.3) is 0 Å². The monoisotopic (exact) mass is 312 g/mol. The Morgan fingerprint density at radius 3 is 2.33 bits per heavy atom. The summed E-state index contributed by atoms with van der Waals surface area (Å²) >= 11 is 0. The molecule has 0 aliphatic carbocycles. The summed E-state index contributed by atoms with van der Waals surface area (Å²) in [5.74, 6) is 0.106. The van der Waals surface area contributed by atoms with Crippen LogP contribution in [0.25, 0.3) is 0 Å². The Morgan fingerprint density at radius 2 is 1.81 bits per heavy atom. The van der Waals surface area contributed by atoms with Crippen LogP contribution in [0.2, 0.25) is 0 Å². The Kier molecular flexibility index (Phi) is 6.84. The van der Waals surface area contributed by atoms with Crippen molar-refractivity contribution in [3.63, 3.8) is 0 Å². The highest BCUT2D eigenvalue weighted by molar-refractivity contribution is 7.89. The fourth-order valence-corrected chi connectivity index (χ4v) is 3.30. The van der Waals surface area contributed by atoms with E-state index in [0.717, 1.165) is 12.0 Å². The van der Waals surface area contributed by atoms with Crippen molar-refractivity contribution in [1.82, 2.24) is 4.72 Å². The molecule has 21 heavy (non-hydrogen) atoms. The predicted octanol–water partition coefficient (Wildman–Crippen LogP) is 2.82. The molecule has 0 unspecified atom stereocenters. The SMILES string of the molecule is CCCCS(=O)(=O)N[C@H](C)c1ccc(NC(=O)CC)cc1. The fourth-order valence-electron chi connectivity index (χ4n) is 1.84. The standard InChI is InChI=1S/C15H24N2O3S/c1-4-6-11-21(19,20)17-12(3)13-7-9-14(10-8-13)16-15(18)5-2/h7-10,12,17H,4-6,11H2,1-3H3,(H,16,18)/t12-/m1/s1. The van der Waals surface area contributed by atoms with Crippen LogP contribution in [-0.2, 0) is 14.8 Å². The van der Waals surface area contributed by atoms with E-state index in [9.17, 15) is 13.2 Å². The van der Waals surface area contributed by atoms with Crippen LogP contribution in [0.4, 0.5) is 5.69 Å². The molecule has 0 aromatic heterocycles. The van der Waals surface area contributed by atoms with Crippen molar-refractivity contribution in [2.45, 2.75) is 46.1 Å². The third kappa shape index (κ3) is 6.27. The van der Waals surface area contributed by atoms with Gasteiger partial charge in [0.05, 0.1) is 5.75 Å². The molecule has 1 rings (SSSR count). The Balaban J connectivity index is 2.66. The van der Waals surface area contributed by atoms with E-state index < -0.39 is 10.0 Å². The van der Waals surface area contributed by atoms with Crippen molar-refractivity contribution in [3.05, 3.63) is 29.8 Å². The number of hydrogen-bond acceptors (Lipinski definition) is 3. The normalized spacial score (nSPS) is 12.9. The molecular weight excluding hydrogens is 288 g/mol. The predicted molar refractivity (Wildman–Crippen MR) is 85.6 cm³/mol. The molecule has 1 aromatic rings. The van der Waals surface area contributed by atoms with Crippen LogP contribution in [0.3, 0.4) is 0 Å². The van der Waals surface area contributed by atoms with Gasteiger partial charge in [0.2, 0.25) is 15.9 Å². The summed E-state index contributed by atoms with van der Waals surface area (Å²) < 4.78 is 26.4. The maximum Gasteiger partial charge on any atom is 0.224 e. The molecule has 0 aliphatic rings. The van der Waals surface area contributed by atoms with Crippen molar-refractivity contribution in [2.24, 2.45) is 0 Å². The first kappa shape index (κ1) is 17.7. The number of carbonyl (C=O) groups is 1. The summed E-state index contributed by atoms with van der Waals surface area (Å²) in [4.78, 5) is 11.3. The molecule has 0 spiro atoms.